The third-order valence-electron chi connectivity index (χ3n) is 15.9. The van der Waals surface area contributed by atoms with Crippen LogP contribution in [0.4, 0.5) is 0 Å². The molecule has 0 spiro atoms. The number of ether oxygens (including phenoxy) is 4. The molecule has 0 radical (unpaired) electrons. The average molecular weight is 1280 g/mol. The lowest BCUT2D eigenvalue weighted by Crippen LogP contribution is -2.30. The van der Waals surface area contributed by atoms with Gasteiger partial charge in [0, 0.05) is 25.7 Å². The van der Waals surface area contributed by atoms with Crippen LogP contribution in [0.25, 0.3) is 0 Å². The Morgan fingerprint density at radius 2 is 0.552 bits per heavy atom. The molecule has 0 saturated heterocycles. The summed E-state index contributed by atoms with van der Waals surface area (Å²) in [6.07, 6.45) is 39.1. The number of aliphatic hydroxyl groups is 1. The van der Waals surface area contributed by atoms with Crippen LogP contribution in [0.15, 0.2) is 0 Å². The van der Waals surface area contributed by atoms with E-state index in [1.807, 2.05) is 0 Å². The van der Waals surface area contributed by atoms with Gasteiger partial charge in [-0.3, -0.25) is 37.3 Å². The molecule has 0 aromatic heterocycles. The van der Waals surface area contributed by atoms with E-state index in [4.69, 9.17) is 37.0 Å². The molecular weight excluding hydrogens is 1150 g/mol. The zero-order chi connectivity index (χ0) is 64.7. The van der Waals surface area contributed by atoms with Crippen LogP contribution >= 0.6 is 15.6 Å². The molecule has 0 aliphatic carbocycles. The number of rotatable bonds is 65. The monoisotopic (exact) mass is 1280 g/mol. The summed E-state index contributed by atoms with van der Waals surface area (Å²) in [5.41, 5.74) is 0. The number of phosphoric ester groups is 2. The van der Waals surface area contributed by atoms with Crippen molar-refractivity contribution in [2.45, 2.75) is 350 Å². The largest absolute Gasteiger partial charge is 0.472 e. The second-order valence-corrected chi connectivity index (χ2v) is 29.1. The molecule has 3 N–H and O–H groups in total. The molecular formula is C68H132O17P2. The summed E-state index contributed by atoms with van der Waals surface area (Å²) >= 11 is 0. The molecule has 0 aliphatic heterocycles. The van der Waals surface area contributed by atoms with Crippen LogP contribution in [0.3, 0.4) is 0 Å². The lowest BCUT2D eigenvalue weighted by atomic mass is 9.99. The lowest BCUT2D eigenvalue weighted by molar-refractivity contribution is -0.161. The molecule has 0 aromatic rings. The second kappa shape index (κ2) is 57.9. The van der Waals surface area contributed by atoms with E-state index in [-0.39, 0.29) is 25.7 Å². The highest BCUT2D eigenvalue weighted by Crippen LogP contribution is 2.45. The topological polar surface area (TPSA) is 237 Å². The van der Waals surface area contributed by atoms with Crippen LogP contribution < -0.4 is 0 Å². The molecule has 0 heterocycles. The van der Waals surface area contributed by atoms with E-state index in [2.05, 4.69) is 55.4 Å². The Morgan fingerprint density at radius 3 is 0.816 bits per heavy atom. The summed E-state index contributed by atoms with van der Waals surface area (Å²) in [4.78, 5) is 72.4. The van der Waals surface area contributed by atoms with Gasteiger partial charge in [-0.05, 0) is 49.4 Å². The lowest BCUT2D eigenvalue weighted by Gasteiger charge is -2.21. The minimum atomic E-state index is -4.95. The number of hydrogen-bond acceptors (Lipinski definition) is 15. The zero-order valence-corrected chi connectivity index (χ0v) is 58.4. The van der Waals surface area contributed by atoms with E-state index < -0.39 is 97.5 Å². The molecule has 0 bridgehead atoms. The van der Waals surface area contributed by atoms with Gasteiger partial charge in [0.15, 0.2) is 12.2 Å². The Morgan fingerprint density at radius 1 is 0.322 bits per heavy atom. The van der Waals surface area contributed by atoms with Crippen LogP contribution in [0, 0.1) is 23.7 Å². The van der Waals surface area contributed by atoms with Crippen molar-refractivity contribution in [3.05, 3.63) is 0 Å². The Bertz CT molecular complexity index is 1730. The highest BCUT2D eigenvalue weighted by molar-refractivity contribution is 7.47. The molecule has 19 heteroatoms. The molecule has 0 amide bonds. The van der Waals surface area contributed by atoms with Gasteiger partial charge in [0.2, 0.25) is 0 Å². The molecule has 516 valence electrons. The molecule has 0 fully saturated rings. The number of unbranched alkanes of at least 4 members (excludes halogenated alkanes) is 30. The third kappa shape index (κ3) is 61.3. The van der Waals surface area contributed by atoms with Crippen LogP contribution in [-0.2, 0) is 65.4 Å². The normalized spacial score (nSPS) is 14.6. The number of carbonyl (C=O) groups excluding carboxylic acids is 4. The number of esters is 4. The summed E-state index contributed by atoms with van der Waals surface area (Å²) in [6.45, 7) is 14.0. The average Bonchev–Trinajstić information content (AvgIpc) is 3.55. The van der Waals surface area contributed by atoms with Crippen LogP contribution in [0.1, 0.15) is 331 Å². The van der Waals surface area contributed by atoms with Crippen molar-refractivity contribution in [3.63, 3.8) is 0 Å². The van der Waals surface area contributed by atoms with Gasteiger partial charge < -0.3 is 33.8 Å². The minimum absolute atomic E-state index is 0.103. The van der Waals surface area contributed by atoms with Gasteiger partial charge in [0.05, 0.1) is 26.4 Å². The SMILES string of the molecule is CCC(C)CCCCCCCCCCC(=O)O[C@H](COC(=O)CCCCCCCCC(C)C)COP(=O)(O)OC[C@H](O)COP(=O)(O)OC[C@@H](COC(=O)CCCCCCCCCC(C)C)OC(=O)CCCCCCCCCCCCCCCC(C)C. The van der Waals surface area contributed by atoms with Gasteiger partial charge in [-0.25, -0.2) is 9.13 Å². The molecule has 3 unspecified atom stereocenters. The van der Waals surface area contributed by atoms with Crippen LogP contribution in [0.2, 0.25) is 0 Å². The third-order valence-corrected chi connectivity index (χ3v) is 17.8. The smallest absolute Gasteiger partial charge is 0.462 e. The van der Waals surface area contributed by atoms with Crippen molar-refractivity contribution in [2.24, 2.45) is 23.7 Å². The van der Waals surface area contributed by atoms with Crippen molar-refractivity contribution in [2.75, 3.05) is 39.6 Å². The Kier molecular flexibility index (Phi) is 56.6. The first kappa shape index (κ1) is 85.1. The van der Waals surface area contributed by atoms with E-state index in [0.717, 1.165) is 115 Å². The molecule has 6 atom stereocenters. The maximum atomic E-state index is 13.0. The second-order valence-electron chi connectivity index (χ2n) is 26.2. The maximum absolute atomic E-state index is 13.0. The molecule has 0 saturated carbocycles. The maximum Gasteiger partial charge on any atom is 0.472 e. The summed E-state index contributed by atoms with van der Waals surface area (Å²) in [6, 6.07) is 0. The molecule has 17 nitrogen and oxygen atoms in total. The summed E-state index contributed by atoms with van der Waals surface area (Å²) < 4.78 is 68.1. The Hall–Kier alpha value is -1.94. The van der Waals surface area contributed by atoms with Gasteiger partial charge in [-0.1, -0.05) is 280 Å². The summed E-state index contributed by atoms with van der Waals surface area (Å²) in [7, 11) is -9.90. The first-order valence-corrected chi connectivity index (χ1v) is 38.2. The van der Waals surface area contributed by atoms with E-state index >= 15 is 0 Å². The van der Waals surface area contributed by atoms with Gasteiger partial charge >= 0.3 is 39.5 Å². The quantitative estimate of drug-likeness (QED) is 0.0222. The summed E-state index contributed by atoms with van der Waals surface area (Å²) in [5.74, 6) is 0.805. The van der Waals surface area contributed by atoms with E-state index in [0.29, 0.717) is 37.5 Å². The fraction of sp³-hybridized carbons (Fsp3) is 0.941. The van der Waals surface area contributed by atoms with Gasteiger partial charge in [0.25, 0.3) is 0 Å². The highest BCUT2D eigenvalue weighted by Gasteiger charge is 2.30. The van der Waals surface area contributed by atoms with Gasteiger partial charge in [-0.15, -0.1) is 0 Å². The van der Waals surface area contributed by atoms with Crippen molar-refractivity contribution in [3.8, 4) is 0 Å². The fourth-order valence-electron chi connectivity index (χ4n) is 10.1. The van der Waals surface area contributed by atoms with Gasteiger partial charge in [0.1, 0.15) is 19.3 Å². The van der Waals surface area contributed by atoms with E-state index in [9.17, 15) is 43.2 Å². The predicted octanol–water partition coefficient (Wildman–Crippen LogP) is 18.9. The number of phosphoric acid groups is 2. The molecule has 0 rings (SSSR count). The van der Waals surface area contributed by atoms with Crippen LogP contribution in [-0.4, -0.2) is 96.7 Å². The summed E-state index contributed by atoms with van der Waals surface area (Å²) in [5, 5.41) is 10.6. The first-order valence-electron chi connectivity index (χ1n) is 35.2. The van der Waals surface area contributed by atoms with Crippen molar-refractivity contribution >= 4 is 39.5 Å². The van der Waals surface area contributed by atoms with Gasteiger partial charge in [-0.2, -0.15) is 0 Å². The standard InChI is InChI=1S/C68H132O17P2/c1-9-61(8)47-39-31-22-17-18-24-35-43-51-68(73)85-64(55-79-66(71)49-41-33-27-26-30-38-46-60(6)7)57-83-87(76,77)81-53-62(69)52-80-86(74,75)82-56-63(54-78-65(70)48-40-32-25-19-21-29-37-45-59(4)5)84-67(72)50-42-34-23-16-14-12-10-11-13-15-20-28-36-44-58(2)3/h58-64,69H,9-57H2,1-8H3,(H,74,75)(H,76,77)/t61?,62-,63-,64-/m1/s1. The molecule has 87 heavy (non-hydrogen) atoms. The van der Waals surface area contributed by atoms with Crippen molar-refractivity contribution < 1.29 is 80.2 Å². The fourth-order valence-corrected chi connectivity index (χ4v) is 11.7. The Labute approximate surface area is 530 Å². The number of aliphatic hydroxyl groups excluding tert-OH is 1. The van der Waals surface area contributed by atoms with E-state index in [1.54, 1.807) is 0 Å². The molecule has 0 aromatic carbocycles. The predicted molar refractivity (Wildman–Crippen MR) is 349 cm³/mol. The highest BCUT2D eigenvalue weighted by atomic mass is 31.2. The Balaban J connectivity index is 5.24. The number of hydrogen-bond donors (Lipinski definition) is 3. The van der Waals surface area contributed by atoms with Crippen LogP contribution in [0.5, 0.6) is 0 Å². The first-order chi connectivity index (χ1) is 41.6. The van der Waals surface area contributed by atoms with E-state index in [1.165, 1.54) is 122 Å². The minimum Gasteiger partial charge on any atom is -0.462 e. The van der Waals surface area contributed by atoms with Crippen molar-refractivity contribution in [1.82, 2.24) is 0 Å². The van der Waals surface area contributed by atoms with Crippen molar-refractivity contribution in [1.29, 1.82) is 0 Å². The number of carbonyl (C=O) groups is 4. The molecule has 0 aliphatic rings. The zero-order valence-electron chi connectivity index (χ0n) is 56.6.